The maximum atomic E-state index is 14.3. The van der Waals surface area contributed by atoms with E-state index in [1.165, 1.54) is 24.3 Å². The van der Waals surface area contributed by atoms with Crippen LogP contribution in [-0.2, 0) is 6.18 Å². The summed E-state index contributed by atoms with van der Waals surface area (Å²) in [6.45, 7) is 0. The first kappa shape index (κ1) is 20.2. The van der Waals surface area contributed by atoms with Gasteiger partial charge in [0, 0.05) is 5.69 Å². The van der Waals surface area contributed by atoms with Crippen molar-refractivity contribution in [2.45, 2.75) is 6.18 Å². The first-order valence-electron chi connectivity index (χ1n) is 8.14. The fourth-order valence-corrected chi connectivity index (χ4v) is 2.55. The van der Waals surface area contributed by atoms with E-state index in [9.17, 15) is 31.1 Å². The summed E-state index contributed by atoms with van der Waals surface area (Å²) < 4.78 is 80.5. The molecule has 0 heterocycles. The second-order valence-electron chi connectivity index (χ2n) is 5.94. The van der Waals surface area contributed by atoms with Gasteiger partial charge in [0.05, 0.1) is 22.5 Å². The predicted molar refractivity (Wildman–Crippen MR) is 95.4 cm³/mol. The Morgan fingerprint density at radius 1 is 0.793 bits per heavy atom. The molecule has 0 saturated carbocycles. The summed E-state index contributed by atoms with van der Waals surface area (Å²) in [4.78, 5) is 12.1. The highest BCUT2D eigenvalue weighted by atomic mass is 19.4. The van der Waals surface area contributed by atoms with Crippen LogP contribution < -0.4 is 10.6 Å². The molecule has 3 aromatic rings. The molecular formula is C20H12F6N2O. The third-order valence-corrected chi connectivity index (χ3v) is 3.90. The van der Waals surface area contributed by atoms with Crippen LogP contribution in [0.25, 0.3) is 0 Å². The maximum Gasteiger partial charge on any atom is 0.418 e. The van der Waals surface area contributed by atoms with Gasteiger partial charge in [-0.3, -0.25) is 4.79 Å². The molecule has 3 rings (SSSR count). The molecule has 1 amide bonds. The van der Waals surface area contributed by atoms with Crippen LogP contribution in [0.4, 0.5) is 43.4 Å². The van der Waals surface area contributed by atoms with Gasteiger partial charge in [-0.25, -0.2) is 13.2 Å². The molecule has 150 valence electrons. The monoisotopic (exact) mass is 410 g/mol. The Balaban J connectivity index is 1.83. The molecule has 0 aliphatic heterocycles. The average molecular weight is 410 g/mol. The summed E-state index contributed by atoms with van der Waals surface area (Å²) >= 11 is 0. The highest BCUT2D eigenvalue weighted by Gasteiger charge is 2.33. The first-order chi connectivity index (χ1) is 13.6. The van der Waals surface area contributed by atoms with Crippen LogP contribution in [-0.4, -0.2) is 5.91 Å². The molecule has 0 atom stereocenters. The Labute approximate surface area is 161 Å². The molecule has 0 saturated heterocycles. The number of benzene rings is 3. The van der Waals surface area contributed by atoms with Crippen molar-refractivity contribution in [3.05, 3.63) is 89.2 Å². The second-order valence-corrected chi connectivity index (χ2v) is 5.94. The highest BCUT2D eigenvalue weighted by molar-refractivity contribution is 6.04. The molecule has 0 aromatic heterocycles. The van der Waals surface area contributed by atoms with Crippen molar-refractivity contribution in [2.75, 3.05) is 10.6 Å². The van der Waals surface area contributed by atoms with Crippen LogP contribution in [0.3, 0.4) is 0 Å². The Bertz CT molecular complexity index is 1070. The summed E-state index contributed by atoms with van der Waals surface area (Å²) in [6.07, 6.45) is -4.78. The number of carbonyl (C=O) groups excluding carboxylic acids is 1. The molecule has 0 unspecified atom stereocenters. The molecule has 0 radical (unpaired) electrons. The van der Waals surface area contributed by atoms with Gasteiger partial charge in [-0.15, -0.1) is 0 Å². The lowest BCUT2D eigenvalue weighted by atomic mass is 10.1. The topological polar surface area (TPSA) is 41.1 Å². The Kier molecular flexibility index (Phi) is 5.49. The maximum absolute atomic E-state index is 14.3. The molecule has 3 nitrogen and oxygen atoms in total. The van der Waals surface area contributed by atoms with Crippen molar-refractivity contribution < 1.29 is 31.1 Å². The number of hydrogen-bond donors (Lipinski definition) is 2. The van der Waals surface area contributed by atoms with E-state index in [-0.39, 0.29) is 16.9 Å². The number of rotatable bonds is 4. The highest BCUT2D eigenvalue weighted by Crippen LogP contribution is 2.37. The van der Waals surface area contributed by atoms with Crippen LogP contribution in [0.5, 0.6) is 0 Å². The summed E-state index contributed by atoms with van der Waals surface area (Å²) in [5.74, 6) is -3.54. The molecule has 9 heteroatoms. The Hall–Kier alpha value is -3.49. The van der Waals surface area contributed by atoms with E-state index in [1.807, 2.05) is 0 Å². The molecule has 0 aliphatic rings. The minimum atomic E-state index is -4.78. The van der Waals surface area contributed by atoms with Gasteiger partial charge in [0.15, 0.2) is 0 Å². The fourth-order valence-electron chi connectivity index (χ4n) is 2.55. The summed E-state index contributed by atoms with van der Waals surface area (Å²) in [5.41, 5.74) is -2.51. The van der Waals surface area contributed by atoms with Gasteiger partial charge in [-0.2, -0.15) is 13.2 Å². The van der Waals surface area contributed by atoms with Gasteiger partial charge in [-0.1, -0.05) is 12.1 Å². The fraction of sp³-hybridized carbons (Fsp3) is 0.0500. The number of carbonyl (C=O) groups is 1. The number of hydrogen-bond acceptors (Lipinski definition) is 2. The first-order valence-corrected chi connectivity index (χ1v) is 8.14. The van der Waals surface area contributed by atoms with Crippen LogP contribution in [0.2, 0.25) is 0 Å². The van der Waals surface area contributed by atoms with Gasteiger partial charge in [-0.05, 0) is 48.5 Å². The summed E-state index contributed by atoms with van der Waals surface area (Å²) in [6, 6.07) is 10.1. The van der Waals surface area contributed by atoms with Crippen molar-refractivity contribution in [2.24, 2.45) is 0 Å². The van der Waals surface area contributed by atoms with Crippen molar-refractivity contribution in [3.63, 3.8) is 0 Å². The molecule has 0 fully saturated rings. The number of anilines is 3. The van der Waals surface area contributed by atoms with Gasteiger partial charge in [0.1, 0.15) is 17.5 Å². The minimum absolute atomic E-state index is 0.0448. The normalized spacial score (nSPS) is 11.2. The largest absolute Gasteiger partial charge is 0.418 e. The Morgan fingerprint density at radius 2 is 1.52 bits per heavy atom. The zero-order chi connectivity index (χ0) is 21.2. The Morgan fingerprint density at radius 3 is 2.17 bits per heavy atom. The minimum Gasteiger partial charge on any atom is -0.353 e. The average Bonchev–Trinajstić information content (AvgIpc) is 2.63. The smallest absolute Gasteiger partial charge is 0.353 e. The molecule has 2 N–H and O–H groups in total. The van der Waals surface area contributed by atoms with Gasteiger partial charge in [0.25, 0.3) is 5.91 Å². The molecule has 3 aromatic carbocycles. The van der Waals surface area contributed by atoms with Gasteiger partial charge < -0.3 is 10.6 Å². The van der Waals surface area contributed by atoms with Crippen molar-refractivity contribution in [3.8, 4) is 0 Å². The lowest BCUT2D eigenvalue weighted by molar-refractivity contribution is -0.136. The van der Waals surface area contributed by atoms with Crippen LogP contribution in [0.15, 0.2) is 60.7 Å². The molecule has 0 spiro atoms. The van der Waals surface area contributed by atoms with Gasteiger partial charge in [0.2, 0.25) is 0 Å². The van der Waals surface area contributed by atoms with E-state index in [0.717, 1.165) is 18.2 Å². The number of halogens is 6. The van der Waals surface area contributed by atoms with Gasteiger partial charge >= 0.3 is 6.18 Å². The SMILES string of the molecule is O=C(Nc1ccc(Nc2cc(F)ccc2C(F)(F)F)c(F)c1)c1ccccc1F. The number of alkyl halides is 3. The van der Waals surface area contributed by atoms with Crippen LogP contribution in [0, 0.1) is 17.5 Å². The zero-order valence-electron chi connectivity index (χ0n) is 14.4. The summed E-state index contributed by atoms with van der Waals surface area (Å²) in [7, 11) is 0. The van der Waals surface area contributed by atoms with Crippen LogP contribution >= 0.6 is 0 Å². The molecule has 0 aliphatic carbocycles. The standard InChI is InChI=1S/C20H12F6N2O/c21-11-5-7-14(20(24,25)26)18(9-11)28-17-8-6-12(10-16(17)23)27-19(29)13-3-1-2-4-15(13)22/h1-10,28H,(H,27,29). The van der Waals surface area contributed by atoms with E-state index < -0.39 is 40.8 Å². The summed E-state index contributed by atoms with van der Waals surface area (Å²) in [5, 5.41) is 4.49. The van der Waals surface area contributed by atoms with E-state index in [4.69, 9.17) is 0 Å². The third-order valence-electron chi connectivity index (χ3n) is 3.90. The van der Waals surface area contributed by atoms with Crippen molar-refractivity contribution in [1.82, 2.24) is 0 Å². The quantitative estimate of drug-likeness (QED) is 0.509. The van der Waals surface area contributed by atoms with E-state index in [1.54, 1.807) is 0 Å². The second kappa shape index (κ2) is 7.86. The lowest BCUT2D eigenvalue weighted by Crippen LogP contribution is -2.14. The van der Waals surface area contributed by atoms with E-state index >= 15 is 0 Å². The van der Waals surface area contributed by atoms with Crippen molar-refractivity contribution in [1.29, 1.82) is 0 Å². The number of amides is 1. The molecular weight excluding hydrogens is 398 g/mol. The lowest BCUT2D eigenvalue weighted by Gasteiger charge is -2.15. The molecule has 0 bridgehead atoms. The molecule has 29 heavy (non-hydrogen) atoms. The third kappa shape index (κ3) is 4.68. The number of nitrogens with one attached hydrogen (secondary N) is 2. The van der Waals surface area contributed by atoms with Crippen molar-refractivity contribution >= 4 is 23.0 Å². The van der Waals surface area contributed by atoms with E-state index in [0.29, 0.717) is 18.2 Å². The predicted octanol–water partition coefficient (Wildman–Crippen LogP) is 6.12. The van der Waals surface area contributed by atoms with E-state index in [2.05, 4.69) is 10.6 Å². The zero-order valence-corrected chi connectivity index (χ0v) is 14.4. The van der Waals surface area contributed by atoms with Crippen LogP contribution in [0.1, 0.15) is 15.9 Å².